The first-order chi connectivity index (χ1) is 10.0. The van der Waals surface area contributed by atoms with Crippen molar-refractivity contribution in [3.8, 4) is 11.5 Å². The van der Waals surface area contributed by atoms with Gasteiger partial charge in [-0.1, -0.05) is 0 Å². The lowest BCUT2D eigenvalue weighted by Gasteiger charge is -2.22. The first-order valence-corrected chi connectivity index (χ1v) is 7.80. The van der Waals surface area contributed by atoms with Gasteiger partial charge in [0, 0.05) is 19.0 Å². The van der Waals surface area contributed by atoms with Gasteiger partial charge in [0.15, 0.2) is 11.5 Å². The van der Waals surface area contributed by atoms with E-state index in [0.29, 0.717) is 24.2 Å². The molecule has 112 valence electrons. The van der Waals surface area contributed by atoms with Crippen LogP contribution in [0, 0.1) is 0 Å². The number of fused-ring (bicyclic) bond motifs is 2. The van der Waals surface area contributed by atoms with Crippen molar-refractivity contribution < 1.29 is 19.7 Å². The van der Waals surface area contributed by atoms with E-state index in [1.54, 1.807) is 4.90 Å². The smallest absolute Gasteiger partial charge is 0.256 e. The van der Waals surface area contributed by atoms with Crippen molar-refractivity contribution in [3.05, 3.63) is 17.7 Å². The molecule has 2 heterocycles. The molecule has 0 aliphatic carbocycles. The summed E-state index contributed by atoms with van der Waals surface area (Å²) in [6.45, 7) is 0.297. The Labute approximate surface area is 126 Å². The number of carbonyl (C=O) groups excluding carboxylic acids is 1. The standard InChI is InChI=1S/C14H16N2O4S/c1-20-12-4-8-9(5-11(12)18)15-13(21-2)10-3-7(17)6-16(10)14(8)19/h4-5,7,10,17-18H,3,6H2,1-2H3/t7-,10-/m0/s1. The van der Waals surface area contributed by atoms with Gasteiger partial charge in [0.25, 0.3) is 5.91 Å². The number of thioether (sulfide) groups is 1. The first-order valence-electron chi connectivity index (χ1n) is 6.57. The van der Waals surface area contributed by atoms with Crippen LogP contribution in [0.2, 0.25) is 0 Å². The number of aliphatic hydroxyl groups is 1. The molecule has 0 radical (unpaired) electrons. The number of phenolic OH excluding ortho intramolecular Hbond substituents is 1. The number of hydrogen-bond donors (Lipinski definition) is 2. The van der Waals surface area contributed by atoms with Crippen molar-refractivity contribution in [1.82, 2.24) is 4.90 Å². The van der Waals surface area contributed by atoms with Gasteiger partial charge in [-0.3, -0.25) is 4.79 Å². The minimum absolute atomic E-state index is 0.0460. The highest BCUT2D eigenvalue weighted by molar-refractivity contribution is 8.13. The van der Waals surface area contributed by atoms with Gasteiger partial charge < -0.3 is 19.8 Å². The van der Waals surface area contributed by atoms with Gasteiger partial charge >= 0.3 is 0 Å². The predicted molar refractivity (Wildman–Crippen MR) is 80.7 cm³/mol. The van der Waals surface area contributed by atoms with Crippen LogP contribution in [-0.2, 0) is 0 Å². The zero-order chi connectivity index (χ0) is 15.1. The van der Waals surface area contributed by atoms with Crippen LogP contribution in [0.4, 0.5) is 5.69 Å². The number of aliphatic hydroxyl groups excluding tert-OH is 1. The summed E-state index contributed by atoms with van der Waals surface area (Å²) in [6, 6.07) is 2.74. The van der Waals surface area contributed by atoms with Gasteiger partial charge in [0.05, 0.1) is 35.6 Å². The zero-order valence-electron chi connectivity index (χ0n) is 11.7. The highest BCUT2D eigenvalue weighted by Crippen LogP contribution is 2.39. The molecule has 3 rings (SSSR count). The number of phenols is 1. The average Bonchev–Trinajstić information content (AvgIpc) is 2.81. The van der Waals surface area contributed by atoms with Gasteiger partial charge in [0.2, 0.25) is 0 Å². The minimum atomic E-state index is -0.531. The van der Waals surface area contributed by atoms with Crippen molar-refractivity contribution in [3.63, 3.8) is 0 Å². The first kappa shape index (κ1) is 14.2. The number of carbonyl (C=O) groups is 1. The Morgan fingerprint density at radius 3 is 2.90 bits per heavy atom. The number of benzene rings is 1. The number of hydrogen-bond acceptors (Lipinski definition) is 6. The Kier molecular flexibility index (Phi) is 3.54. The van der Waals surface area contributed by atoms with Crippen LogP contribution in [0.3, 0.4) is 0 Å². The maximum Gasteiger partial charge on any atom is 0.256 e. The molecular weight excluding hydrogens is 292 g/mol. The van der Waals surface area contributed by atoms with Crippen molar-refractivity contribution >= 4 is 28.4 Å². The molecule has 2 aliphatic heterocycles. The summed E-state index contributed by atoms with van der Waals surface area (Å²) >= 11 is 1.45. The summed E-state index contributed by atoms with van der Waals surface area (Å²) in [5.74, 6) is -0.00538. The number of rotatable bonds is 1. The second-order valence-corrected chi connectivity index (χ2v) is 5.88. The zero-order valence-corrected chi connectivity index (χ0v) is 12.6. The number of methoxy groups -OCH3 is 1. The second kappa shape index (κ2) is 5.23. The fourth-order valence-corrected chi connectivity index (χ4v) is 3.47. The van der Waals surface area contributed by atoms with E-state index < -0.39 is 6.10 Å². The third-order valence-corrected chi connectivity index (χ3v) is 4.57. The third-order valence-electron chi connectivity index (χ3n) is 3.79. The molecule has 21 heavy (non-hydrogen) atoms. The summed E-state index contributed by atoms with van der Waals surface area (Å²) < 4.78 is 5.06. The molecule has 0 unspecified atom stereocenters. The highest BCUT2D eigenvalue weighted by Gasteiger charge is 2.40. The molecular formula is C14H16N2O4S. The molecule has 1 amide bonds. The van der Waals surface area contributed by atoms with E-state index >= 15 is 0 Å². The molecule has 0 saturated carbocycles. The molecule has 0 spiro atoms. The third kappa shape index (κ3) is 2.26. The monoisotopic (exact) mass is 308 g/mol. The molecule has 1 saturated heterocycles. The van der Waals surface area contributed by atoms with E-state index in [1.807, 2.05) is 6.26 Å². The number of ether oxygens (including phenoxy) is 1. The van der Waals surface area contributed by atoms with Crippen molar-refractivity contribution in [2.75, 3.05) is 19.9 Å². The van der Waals surface area contributed by atoms with Crippen LogP contribution in [0.25, 0.3) is 0 Å². The van der Waals surface area contributed by atoms with Gasteiger partial charge in [-0.25, -0.2) is 4.99 Å². The van der Waals surface area contributed by atoms with E-state index in [2.05, 4.69) is 4.99 Å². The quantitative estimate of drug-likeness (QED) is 0.819. The van der Waals surface area contributed by atoms with Crippen molar-refractivity contribution in [2.24, 2.45) is 4.99 Å². The molecule has 1 fully saturated rings. The molecule has 2 atom stereocenters. The summed E-state index contributed by atoms with van der Waals surface area (Å²) in [4.78, 5) is 18.9. The van der Waals surface area contributed by atoms with Gasteiger partial charge in [-0.15, -0.1) is 11.8 Å². The summed E-state index contributed by atoms with van der Waals surface area (Å²) in [5.41, 5.74) is 0.819. The lowest BCUT2D eigenvalue weighted by molar-refractivity contribution is 0.0749. The fourth-order valence-electron chi connectivity index (χ4n) is 2.79. The molecule has 1 aromatic rings. The van der Waals surface area contributed by atoms with Gasteiger partial charge in [-0.05, 0) is 12.3 Å². The van der Waals surface area contributed by atoms with E-state index in [4.69, 9.17) is 4.74 Å². The minimum Gasteiger partial charge on any atom is -0.504 e. The fraction of sp³-hybridized carbons (Fsp3) is 0.429. The molecule has 2 N–H and O–H groups in total. The van der Waals surface area contributed by atoms with Crippen LogP contribution in [0.1, 0.15) is 16.8 Å². The van der Waals surface area contributed by atoms with Crippen LogP contribution in [0.15, 0.2) is 17.1 Å². The molecule has 7 heteroatoms. The molecule has 0 bridgehead atoms. The molecule has 2 aliphatic rings. The normalized spacial score (nSPS) is 24.2. The second-order valence-electron chi connectivity index (χ2n) is 5.06. The Bertz CT molecular complexity index is 632. The Morgan fingerprint density at radius 1 is 1.48 bits per heavy atom. The maximum absolute atomic E-state index is 12.7. The van der Waals surface area contributed by atoms with Gasteiger partial charge in [-0.2, -0.15) is 0 Å². The number of aromatic hydroxyl groups is 1. The summed E-state index contributed by atoms with van der Waals surface area (Å²) in [5, 5.41) is 20.5. The van der Waals surface area contributed by atoms with Crippen LogP contribution < -0.4 is 4.74 Å². The molecule has 6 nitrogen and oxygen atoms in total. The van der Waals surface area contributed by atoms with E-state index in [-0.39, 0.29) is 23.4 Å². The topological polar surface area (TPSA) is 82.4 Å². The van der Waals surface area contributed by atoms with Crippen LogP contribution in [-0.4, -0.2) is 58.1 Å². The Hall–Kier alpha value is -1.73. The number of aliphatic imine (C=N–C) groups is 1. The number of nitrogens with zero attached hydrogens (tertiary/aromatic N) is 2. The van der Waals surface area contributed by atoms with Gasteiger partial charge in [0.1, 0.15) is 0 Å². The van der Waals surface area contributed by atoms with E-state index in [1.165, 1.54) is 31.0 Å². The predicted octanol–water partition coefficient (Wildman–Crippen LogP) is 1.38. The Morgan fingerprint density at radius 2 is 2.24 bits per heavy atom. The summed E-state index contributed by atoms with van der Waals surface area (Å²) in [7, 11) is 1.43. The lowest BCUT2D eigenvalue weighted by atomic mass is 10.1. The molecule has 1 aromatic carbocycles. The maximum atomic E-state index is 12.7. The number of amides is 1. The van der Waals surface area contributed by atoms with Crippen molar-refractivity contribution in [1.29, 1.82) is 0 Å². The molecule has 0 aromatic heterocycles. The summed E-state index contributed by atoms with van der Waals surface area (Å²) in [6.07, 6.45) is 1.85. The Balaban J connectivity index is 2.16. The van der Waals surface area contributed by atoms with E-state index in [9.17, 15) is 15.0 Å². The SMILES string of the molecule is COc1cc2c(cc1O)N=C(SC)[C@@H]1C[C@H](O)CN1C2=O. The van der Waals surface area contributed by atoms with Crippen LogP contribution in [0.5, 0.6) is 11.5 Å². The van der Waals surface area contributed by atoms with Crippen molar-refractivity contribution in [2.45, 2.75) is 18.6 Å². The van der Waals surface area contributed by atoms with E-state index in [0.717, 1.165) is 5.04 Å². The lowest BCUT2D eigenvalue weighted by Crippen LogP contribution is -2.38. The largest absolute Gasteiger partial charge is 0.504 e. The van der Waals surface area contributed by atoms with Crippen LogP contribution >= 0.6 is 11.8 Å². The highest BCUT2D eigenvalue weighted by atomic mass is 32.2. The average molecular weight is 308 g/mol.